The normalized spacial score (nSPS) is 10.4. The van der Waals surface area contributed by atoms with Crippen LogP contribution in [0.4, 0.5) is 11.5 Å². The van der Waals surface area contributed by atoms with E-state index in [1.54, 1.807) is 6.20 Å². The Morgan fingerprint density at radius 2 is 2.31 bits per heavy atom. The molecule has 0 radical (unpaired) electrons. The second-order valence-corrected chi connectivity index (χ2v) is 4.06. The highest BCUT2D eigenvalue weighted by molar-refractivity contribution is 9.10. The highest BCUT2D eigenvalue weighted by Crippen LogP contribution is 2.27. The Bertz CT molecular complexity index is 347. The number of aromatic nitrogens is 1. The summed E-state index contributed by atoms with van der Waals surface area (Å²) in [5, 5.41) is 11.6. The average Bonchev–Trinajstić information content (AvgIpc) is 2.28. The molecular formula is C10H16BrN3O2. The third kappa shape index (κ3) is 3.62. The van der Waals surface area contributed by atoms with Gasteiger partial charge in [0, 0.05) is 6.54 Å². The molecule has 0 aliphatic heterocycles. The molecule has 0 bridgehead atoms. The monoisotopic (exact) mass is 289 g/mol. The van der Waals surface area contributed by atoms with Crippen LogP contribution in [0.15, 0.2) is 10.7 Å². The largest absolute Gasteiger partial charge is 0.397 e. The van der Waals surface area contributed by atoms with Crippen molar-refractivity contribution >= 4 is 27.4 Å². The Labute approximate surface area is 103 Å². The quantitative estimate of drug-likeness (QED) is 0.685. The lowest BCUT2D eigenvalue weighted by molar-refractivity contribution is 0.0992. The van der Waals surface area contributed by atoms with E-state index in [9.17, 15) is 0 Å². The number of anilines is 2. The Morgan fingerprint density at radius 1 is 1.56 bits per heavy atom. The maximum absolute atomic E-state index is 8.51. The molecule has 0 aliphatic rings. The van der Waals surface area contributed by atoms with E-state index in [4.69, 9.17) is 15.6 Å². The van der Waals surface area contributed by atoms with E-state index in [0.717, 1.165) is 15.9 Å². The lowest BCUT2D eigenvalue weighted by Crippen LogP contribution is -2.13. The van der Waals surface area contributed by atoms with Crippen LogP contribution >= 0.6 is 15.9 Å². The Balaban J connectivity index is 2.45. The van der Waals surface area contributed by atoms with Gasteiger partial charge in [0.05, 0.1) is 36.2 Å². The second-order valence-electron chi connectivity index (χ2n) is 3.26. The summed E-state index contributed by atoms with van der Waals surface area (Å²) in [6, 6.07) is 0. The summed E-state index contributed by atoms with van der Waals surface area (Å²) in [6.07, 6.45) is 1.62. The molecule has 16 heavy (non-hydrogen) atoms. The minimum Gasteiger partial charge on any atom is -0.397 e. The molecule has 0 aromatic carbocycles. The number of ether oxygens (including phenoxy) is 1. The molecule has 4 N–H and O–H groups in total. The molecular weight excluding hydrogens is 274 g/mol. The summed E-state index contributed by atoms with van der Waals surface area (Å²) >= 11 is 3.43. The van der Waals surface area contributed by atoms with Gasteiger partial charge in [-0.3, -0.25) is 0 Å². The van der Waals surface area contributed by atoms with Crippen molar-refractivity contribution in [1.82, 2.24) is 4.98 Å². The average molecular weight is 290 g/mol. The van der Waals surface area contributed by atoms with Crippen LogP contribution in [-0.4, -0.2) is 36.5 Å². The van der Waals surface area contributed by atoms with E-state index in [1.807, 2.05) is 6.92 Å². The molecule has 0 saturated carbocycles. The zero-order valence-corrected chi connectivity index (χ0v) is 10.7. The first kappa shape index (κ1) is 13.2. The van der Waals surface area contributed by atoms with Crippen LogP contribution in [0.3, 0.4) is 0 Å². The van der Waals surface area contributed by atoms with Gasteiger partial charge in [-0.15, -0.1) is 0 Å². The highest BCUT2D eigenvalue weighted by Gasteiger charge is 2.06. The topological polar surface area (TPSA) is 80.4 Å². The van der Waals surface area contributed by atoms with E-state index in [1.165, 1.54) is 0 Å². The van der Waals surface area contributed by atoms with Crippen LogP contribution < -0.4 is 11.1 Å². The molecule has 90 valence electrons. The van der Waals surface area contributed by atoms with Gasteiger partial charge in [0.1, 0.15) is 5.82 Å². The molecule has 0 aliphatic carbocycles. The molecule has 1 rings (SSSR count). The molecule has 1 heterocycles. The van der Waals surface area contributed by atoms with Gasteiger partial charge in [0.25, 0.3) is 0 Å². The van der Waals surface area contributed by atoms with Gasteiger partial charge in [-0.25, -0.2) is 4.98 Å². The number of pyridine rings is 1. The number of nitrogens with zero attached hydrogens (tertiary/aromatic N) is 1. The van der Waals surface area contributed by atoms with Crippen LogP contribution in [0.2, 0.25) is 0 Å². The molecule has 0 spiro atoms. The summed E-state index contributed by atoms with van der Waals surface area (Å²) in [5.74, 6) is 0.749. The van der Waals surface area contributed by atoms with Crippen molar-refractivity contribution in [2.75, 3.05) is 37.4 Å². The third-order valence-electron chi connectivity index (χ3n) is 2.08. The van der Waals surface area contributed by atoms with Crippen molar-refractivity contribution in [3.05, 3.63) is 16.2 Å². The first-order chi connectivity index (χ1) is 7.66. The van der Waals surface area contributed by atoms with Gasteiger partial charge in [0.2, 0.25) is 0 Å². The van der Waals surface area contributed by atoms with Crippen molar-refractivity contribution in [2.24, 2.45) is 0 Å². The molecule has 0 fully saturated rings. The third-order valence-corrected chi connectivity index (χ3v) is 3.05. The smallest absolute Gasteiger partial charge is 0.140 e. The van der Waals surface area contributed by atoms with E-state index in [0.29, 0.717) is 25.4 Å². The molecule has 0 saturated heterocycles. The van der Waals surface area contributed by atoms with E-state index in [-0.39, 0.29) is 6.61 Å². The first-order valence-electron chi connectivity index (χ1n) is 5.00. The fraction of sp³-hybridized carbons (Fsp3) is 0.500. The number of hydrogen-bond donors (Lipinski definition) is 3. The summed E-state index contributed by atoms with van der Waals surface area (Å²) in [7, 11) is 0. The predicted molar refractivity (Wildman–Crippen MR) is 67.5 cm³/mol. The first-order valence-corrected chi connectivity index (χ1v) is 5.79. The summed E-state index contributed by atoms with van der Waals surface area (Å²) in [4.78, 5) is 4.17. The molecule has 1 aromatic rings. The summed E-state index contributed by atoms with van der Waals surface area (Å²) in [5.41, 5.74) is 7.34. The van der Waals surface area contributed by atoms with Crippen LogP contribution in [0.1, 0.15) is 5.56 Å². The highest BCUT2D eigenvalue weighted by atomic mass is 79.9. The number of nitrogens with one attached hydrogen (secondary N) is 1. The number of rotatable bonds is 6. The zero-order chi connectivity index (χ0) is 12.0. The van der Waals surface area contributed by atoms with E-state index >= 15 is 0 Å². The fourth-order valence-electron chi connectivity index (χ4n) is 1.12. The molecule has 0 unspecified atom stereocenters. The minimum atomic E-state index is 0.0446. The number of nitrogen functional groups attached to an aromatic ring is 1. The van der Waals surface area contributed by atoms with Crippen LogP contribution in [0.25, 0.3) is 0 Å². The Kier molecular flexibility index (Phi) is 5.51. The molecule has 0 atom stereocenters. The number of aliphatic hydroxyl groups is 1. The summed E-state index contributed by atoms with van der Waals surface area (Å²) in [6.45, 7) is 3.49. The van der Waals surface area contributed by atoms with E-state index < -0.39 is 0 Å². The van der Waals surface area contributed by atoms with Crippen LogP contribution in [-0.2, 0) is 4.74 Å². The van der Waals surface area contributed by atoms with Gasteiger partial charge in [-0.05, 0) is 28.4 Å². The van der Waals surface area contributed by atoms with Crippen molar-refractivity contribution in [2.45, 2.75) is 6.92 Å². The van der Waals surface area contributed by atoms with Crippen molar-refractivity contribution in [3.63, 3.8) is 0 Å². The Morgan fingerprint density at radius 3 is 3.00 bits per heavy atom. The standard InChI is InChI=1S/C10H16BrN3O2/c1-7-8(12)6-14-10(9(7)11)13-2-4-16-5-3-15/h6,15H,2-5,12H2,1H3,(H,13,14). The van der Waals surface area contributed by atoms with Gasteiger partial charge in [0.15, 0.2) is 0 Å². The minimum absolute atomic E-state index is 0.0446. The lowest BCUT2D eigenvalue weighted by atomic mass is 10.2. The number of nitrogens with two attached hydrogens (primary N) is 1. The van der Waals surface area contributed by atoms with Crippen LogP contribution in [0, 0.1) is 6.92 Å². The lowest BCUT2D eigenvalue weighted by Gasteiger charge is -2.10. The fourth-order valence-corrected chi connectivity index (χ4v) is 1.59. The van der Waals surface area contributed by atoms with Crippen LogP contribution in [0.5, 0.6) is 0 Å². The van der Waals surface area contributed by atoms with Crippen molar-refractivity contribution in [1.29, 1.82) is 0 Å². The van der Waals surface area contributed by atoms with Crippen molar-refractivity contribution in [3.8, 4) is 0 Å². The molecule has 0 amide bonds. The van der Waals surface area contributed by atoms with Gasteiger partial charge < -0.3 is 20.9 Å². The van der Waals surface area contributed by atoms with Gasteiger partial charge >= 0.3 is 0 Å². The SMILES string of the molecule is Cc1c(N)cnc(NCCOCCO)c1Br. The van der Waals surface area contributed by atoms with Gasteiger partial charge in [-0.1, -0.05) is 0 Å². The predicted octanol–water partition coefficient (Wildman–Crippen LogP) is 1.16. The van der Waals surface area contributed by atoms with Crippen molar-refractivity contribution < 1.29 is 9.84 Å². The number of aliphatic hydroxyl groups excluding tert-OH is 1. The molecule has 1 aromatic heterocycles. The molecule has 6 heteroatoms. The Hall–Kier alpha value is -0.850. The number of halogens is 1. The zero-order valence-electron chi connectivity index (χ0n) is 9.16. The summed E-state index contributed by atoms with van der Waals surface area (Å²) < 4.78 is 5.99. The maximum Gasteiger partial charge on any atom is 0.140 e. The second kappa shape index (κ2) is 6.67. The molecule has 5 nitrogen and oxygen atoms in total. The van der Waals surface area contributed by atoms with Gasteiger partial charge in [-0.2, -0.15) is 0 Å². The van der Waals surface area contributed by atoms with E-state index in [2.05, 4.69) is 26.2 Å². The maximum atomic E-state index is 8.51. The number of hydrogen-bond acceptors (Lipinski definition) is 5.